The molecule has 0 aromatic heterocycles. The van der Waals surface area contributed by atoms with E-state index in [4.69, 9.17) is 4.74 Å². The molecule has 166 valence electrons. The number of sulfonamides is 1. The zero-order valence-corrected chi connectivity index (χ0v) is 17.0. The van der Waals surface area contributed by atoms with Crippen LogP contribution in [0.1, 0.15) is 25.7 Å². The van der Waals surface area contributed by atoms with Crippen molar-refractivity contribution in [3.8, 4) is 5.75 Å². The molecule has 3 rings (SSSR count). The minimum absolute atomic E-state index is 0.0484. The molecule has 1 aromatic carbocycles. The number of ether oxygens (including phenoxy) is 2. The van der Waals surface area contributed by atoms with Gasteiger partial charge in [0.15, 0.2) is 0 Å². The van der Waals surface area contributed by atoms with Crippen molar-refractivity contribution < 1.29 is 35.9 Å². The molecule has 0 saturated carbocycles. The van der Waals surface area contributed by atoms with E-state index in [1.165, 1.54) is 10.4 Å². The molecular formula is C19H23F3N2O5S. The summed E-state index contributed by atoms with van der Waals surface area (Å²) >= 11 is 0. The second-order valence-corrected chi connectivity index (χ2v) is 9.04. The van der Waals surface area contributed by atoms with E-state index in [-0.39, 0.29) is 30.0 Å². The Bertz CT molecular complexity index is 868. The molecule has 1 atom stereocenters. The minimum Gasteiger partial charge on any atom is -0.406 e. The van der Waals surface area contributed by atoms with Crippen LogP contribution in [0.25, 0.3) is 0 Å². The maximum absolute atomic E-state index is 12.7. The van der Waals surface area contributed by atoms with Gasteiger partial charge in [-0.2, -0.15) is 4.31 Å². The normalized spacial score (nSPS) is 20.8. The van der Waals surface area contributed by atoms with Crippen LogP contribution in [0, 0.1) is 0 Å². The smallest absolute Gasteiger partial charge is 0.406 e. The molecule has 2 aliphatic rings. The van der Waals surface area contributed by atoms with Gasteiger partial charge < -0.3 is 14.8 Å². The van der Waals surface area contributed by atoms with Gasteiger partial charge in [-0.25, -0.2) is 8.42 Å². The number of nitrogens with zero attached hydrogens (tertiary/aromatic N) is 1. The van der Waals surface area contributed by atoms with Gasteiger partial charge in [0, 0.05) is 32.3 Å². The molecule has 0 radical (unpaired) electrons. The number of carbonyl (C=O) groups excluding carboxylic acids is 1. The number of benzene rings is 1. The predicted molar refractivity (Wildman–Crippen MR) is 101 cm³/mol. The fourth-order valence-corrected chi connectivity index (χ4v) is 4.82. The SMILES string of the molecule is O=C(C=C1CCN(S(=O)(=O)c2ccc(OC(F)(F)F)cc2)CC1)NCC1CCCO1. The quantitative estimate of drug-likeness (QED) is 0.677. The van der Waals surface area contributed by atoms with Gasteiger partial charge in [-0.05, 0) is 49.9 Å². The molecule has 0 bridgehead atoms. The molecule has 2 aliphatic heterocycles. The van der Waals surface area contributed by atoms with Gasteiger partial charge in [0.1, 0.15) is 5.75 Å². The van der Waals surface area contributed by atoms with E-state index < -0.39 is 22.1 Å². The summed E-state index contributed by atoms with van der Waals surface area (Å²) in [6.45, 7) is 1.54. The average molecular weight is 448 g/mol. The Labute approximate surface area is 172 Å². The van der Waals surface area contributed by atoms with Crippen LogP contribution in [0.4, 0.5) is 13.2 Å². The van der Waals surface area contributed by atoms with Crippen LogP contribution in [-0.2, 0) is 19.6 Å². The molecule has 1 amide bonds. The number of hydrogen-bond acceptors (Lipinski definition) is 5. The highest BCUT2D eigenvalue weighted by molar-refractivity contribution is 7.89. The average Bonchev–Trinajstić information content (AvgIpc) is 3.20. The third kappa shape index (κ3) is 6.19. The summed E-state index contributed by atoms with van der Waals surface area (Å²) < 4.78 is 72.6. The first-order chi connectivity index (χ1) is 14.1. The standard InChI is InChI=1S/C19H23F3N2O5S/c20-19(21,22)29-15-3-5-17(6-4-15)30(26,27)24-9-7-14(8-10-24)12-18(25)23-13-16-2-1-11-28-16/h3-6,12,16H,1-2,7-11,13H2,(H,23,25). The van der Waals surface area contributed by atoms with Crippen molar-refractivity contribution >= 4 is 15.9 Å². The van der Waals surface area contributed by atoms with Crippen molar-refractivity contribution in [2.24, 2.45) is 0 Å². The Morgan fingerprint density at radius 3 is 2.47 bits per heavy atom. The second-order valence-electron chi connectivity index (χ2n) is 7.11. The highest BCUT2D eigenvalue weighted by Gasteiger charge is 2.32. The van der Waals surface area contributed by atoms with Crippen molar-refractivity contribution in [3.63, 3.8) is 0 Å². The number of rotatable bonds is 6. The fraction of sp³-hybridized carbons (Fsp3) is 0.526. The van der Waals surface area contributed by atoms with Gasteiger partial charge in [-0.3, -0.25) is 4.79 Å². The van der Waals surface area contributed by atoms with Gasteiger partial charge in [0.25, 0.3) is 0 Å². The summed E-state index contributed by atoms with van der Waals surface area (Å²) in [5, 5.41) is 2.80. The predicted octanol–water partition coefficient (Wildman–Crippen LogP) is 2.59. The molecular weight excluding hydrogens is 425 g/mol. The molecule has 2 heterocycles. The van der Waals surface area contributed by atoms with E-state index in [1.54, 1.807) is 0 Å². The van der Waals surface area contributed by atoms with Gasteiger partial charge in [-0.15, -0.1) is 13.2 Å². The lowest BCUT2D eigenvalue weighted by atomic mass is 10.1. The molecule has 7 nitrogen and oxygen atoms in total. The Morgan fingerprint density at radius 1 is 1.23 bits per heavy atom. The van der Waals surface area contributed by atoms with E-state index in [2.05, 4.69) is 10.1 Å². The molecule has 0 aliphatic carbocycles. The Balaban J connectivity index is 1.53. The highest BCUT2D eigenvalue weighted by atomic mass is 32.2. The lowest BCUT2D eigenvalue weighted by Gasteiger charge is -2.27. The maximum atomic E-state index is 12.7. The van der Waals surface area contributed by atoms with Crippen LogP contribution in [-0.4, -0.2) is 57.3 Å². The van der Waals surface area contributed by atoms with Crippen LogP contribution >= 0.6 is 0 Å². The maximum Gasteiger partial charge on any atom is 0.573 e. The van der Waals surface area contributed by atoms with Crippen molar-refractivity contribution in [1.29, 1.82) is 0 Å². The van der Waals surface area contributed by atoms with E-state index in [0.29, 0.717) is 26.0 Å². The summed E-state index contributed by atoms with van der Waals surface area (Å²) in [6, 6.07) is 4.10. The number of halogens is 3. The van der Waals surface area contributed by atoms with Crippen molar-refractivity contribution in [2.75, 3.05) is 26.2 Å². The number of amides is 1. The summed E-state index contributed by atoms with van der Waals surface area (Å²) in [5.74, 6) is -0.712. The molecule has 1 aromatic rings. The Morgan fingerprint density at radius 2 is 1.90 bits per heavy atom. The second kappa shape index (κ2) is 9.36. The molecule has 11 heteroatoms. The van der Waals surface area contributed by atoms with Crippen LogP contribution in [0.3, 0.4) is 0 Å². The summed E-state index contributed by atoms with van der Waals surface area (Å²) in [4.78, 5) is 11.9. The first-order valence-corrected chi connectivity index (χ1v) is 11.0. The Kier molecular flexibility index (Phi) is 7.04. The molecule has 0 spiro atoms. The molecule has 2 saturated heterocycles. The third-order valence-electron chi connectivity index (χ3n) is 4.92. The van der Waals surface area contributed by atoms with Gasteiger partial charge >= 0.3 is 6.36 Å². The highest BCUT2D eigenvalue weighted by Crippen LogP contribution is 2.27. The third-order valence-corrected chi connectivity index (χ3v) is 6.84. The summed E-state index contributed by atoms with van der Waals surface area (Å²) in [5.41, 5.74) is 0.847. The van der Waals surface area contributed by atoms with E-state index in [0.717, 1.165) is 42.7 Å². The van der Waals surface area contributed by atoms with Crippen LogP contribution in [0.2, 0.25) is 0 Å². The Hall–Kier alpha value is -2.11. The molecule has 1 unspecified atom stereocenters. The molecule has 2 fully saturated rings. The van der Waals surface area contributed by atoms with Gasteiger partial charge in [0.2, 0.25) is 15.9 Å². The zero-order chi connectivity index (χ0) is 21.8. The first-order valence-electron chi connectivity index (χ1n) is 9.58. The minimum atomic E-state index is -4.84. The lowest BCUT2D eigenvalue weighted by Crippen LogP contribution is -2.37. The monoisotopic (exact) mass is 448 g/mol. The van der Waals surface area contributed by atoms with Crippen molar-refractivity contribution in [2.45, 2.75) is 43.0 Å². The van der Waals surface area contributed by atoms with Crippen molar-refractivity contribution in [1.82, 2.24) is 9.62 Å². The van der Waals surface area contributed by atoms with Crippen LogP contribution in [0.5, 0.6) is 5.75 Å². The number of nitrogens with one attached hydrogen (secondary N) is 1. The van der Waals surface area contributed by atoms with E-state index in [9.17, 15) is 26.4 Å². The van der Waals surface area contributed by atoms with Crippen LogP contribution in [0.15, 0.2) is 40.8 Å². The first kappa shape index (κ1) is 22.6. The van der Waals surface area contributed by atoms with Gasteiger partial charge in [0.05, 0.1) is 11.0 Å². The number of hydrogen-bond donors (Lipinski definition) is 1. The van der Waals surface area contributed by atoms with Gasteiger partial charge in [-0.1, -0.05) is 5.57 Å². The zero-order valence-electron chi connectivity index (χ0n) is 16.2. The number of alkyl halides is 3. The van der Waals surface area contributed by atoms with Crippen LogP contribution < -0.4 is 10.1 Å². The largest absolute Gasteiger partial charge is 0.573 e. The summed E-state index contributed by atoms with van der Waals surface area (Å²) in [6.07, 6.45) is -0.567. The van der Waals surface area contributed by atoms with E-state index >= 15 is 0 Å². The number of carbonyl (C=O) groups is 1. The molecule has 30 heavy (non-hydrogen) atoms. The number of piperidine rings is 1. The van der Waals surface area contributed by atoms with Crippen molar-refractivity contribution in [3.05, 3.63) is 35.9 Å². The topological polar surface area (TPSA) is 84.9 Å². The lowest BCUT2D eigenvalue weighted by molar-refractivity contribution is -0.274. The molecule has 1 N–H and O–H groups in total. The fourth-order valence-electron chi connectivity index (χ4n) is 3.38. The summed E-state index contributed by atoms with van der Waals surface area (Å²) in [7, 11) is -3.84. The van der Waals surface area contributed by atoms with E-state index in [1.807, 2.05) is 0 Å².